The van der Waals surface area contributed by atoms with Gasteiger partial charge in [0.2, 0.25) is 0 Å². The maximum absolute atomic E-state index is 14.8. The zero-order valence-corrected chi connectivity index (χ0v) is 14.8. The lowest BCUT2D eigenvalue weighted by atomic mass is 9.89. The minimum atomic E-state index is -0.962. The quantitative estimate of drug-likeness (QED) is 0.632. The van der Waals surface area contributed by atoms with E-state index in [0.717, 1.165) is 12.8 Å². The number of piperidine rings is 1. The van der Waals surface area contributed by atoms with Crippen molar-refractivity contribution in [3.8, 4) is 0 Å². The second-order valence-electron chi connectivity index (χ2n) is 6.37. The first-order valence-corrected chi connectivity index (χ1v) is 8.74. The van der Waals surface area contributed by atoms with Gasteiger partial charge in [0.15, 0.2) is 17.6 Å². The minimum absolute atomic E-state index is 0.226. The molecule has 1 aromatic carbocycles. The number of carbonyl (C=O) groups excluding carboxylic acids is 1. The van der Waals surface area contributed by atoms with Gasteiger partial charge in [0.1, 0.15) is 6.61 Å². The smallest absolute Gasteiger partial charge is 0.437 e. The van der Waals surface area contributed by atoms with E-state index >= 15 is 0 Å². The molecule has 1 aliphatic rings. The summed E-state index contributed by atoms with van der Waals surface area (Å²) < 4.78 is 19.7. The van der Waals surface area contributed by atoms with Crippen LogP contribution in [0.4, 0.5) is 15.0 Å². The fraction of sp³-hybridized carbons (Fsp3) is 0.316. The maximum atomic E-state index is 14.8. The molecule has 0 radical (unpaired) electrons. The van der Waals surface area contributed by atoms with Crippen LogP contribution in [0.3, 0.4) is 0 Å². The third-order valence-corrected chi connectivity index (χ3v) is 4.59. The van der Waals surface area contributed by atoms with Crippen LogP contribution >= 0.6 is 0 Å². The predicted octanol–water partition coefficient (Wildman–Crippen LogP) is 2.51. The van der Waals surface area contributed by atoms with Gasteiger partial charge in [-0.25, -0.2) is 14.2 Å². The van der Waals surface area contributed by atoms with Crippen molar-refractivity contribution in [2.75, 3.05) is 18.0 Å². The zero-order valence-electron chi connectivity index (χ0n) is 14.8. The number of hydrogen-bond donors (Lipinski definition) is 2. The number of ether oxygens (including phenoxy) is 1. The molecule has 1 aromatic heterocycles. The highest BCUT2D eigenvalue weighted by Gasteiger charge is 2.24. The van der Waals surface area contributed by atoms with E-state index in [2.05, 4.69) is 22.1 Å². The fourth-order valence-electron chi connectivity index (χ4n) is 3.23. The van der Waals surface area contributed by atoms with Gasteiger partial charge in [-0.05, 0) is 30.4 Å². The van der Waals surface area contributed by atoms with Gasteiger partial charge >= 0.3 is 6.09 Å². The molecule has 142 valence electrons. The van der Waals surface area contributed by atoms with Gasteiger partial charge in [-0.3, -0.25) is 0 Å². The number of aliphatic imine (C=N–C) groups is 1. The Bertz CT molecular complexity index is 816. The number of hydrogen-bond acceptors (Lipinski definition) is 4. The normalized spacial score (nSPS) is 14.6. The van der Waals surface area contributed by atoms with E-state index in [1.54, 1.807) is 0 Å². The Morgan fingerprint density at radius 2 is 1.93 bits per heavy atom. The second kappa shape index (κ2) is 8.48. The van der Waals surface area contributed by atoms with Crippen LogP contribution in [-0.4, -0.2) is 30.1 Å². The zero-order chi connectivity index (χ0) is 19.2. The summed E-state index contributed by atoms with van der Waals surface area (Å²) in [7, 11) is 0. The molecular formula is C19H22FN5O2. The Kier molecular flexibility index (Phi) is 5.85. The van der Waals surface area contributed by atoms with Crippen LogP contribution in [0, 0.1) is 5.82 Å². The molecule has 27 heavy (non-hydrogen) atoms. The van der Waals surface area contributed by atoms with Crippen molar-refractivity contribution in [3.05, 3.63) is 59.5 Å². The molecule has 4 N–H and O–H groups in total. The number of nitrogens with zero attached hydrogens (tertiary/aromatic N) is 3. The number of nitrogens with two attached hydrogens (primary N) is 2. The SMILES string of the molecule is NC(N)=NC(=O)OCc1ccnc(N2CCC(c3ccccc3)CC2)c1F. The average Bonchev–Trinajstić information content (AvgIpc) is 2.67. The number of carbonyl (C=O) groups is 1. The van der Waals surface area contributed by atoms with E-state index in [9.17, 15) is 9.18 Å². The molecule has 0 unspecified atom stereocenters. The largest absolute Gasteiger partial charge is 0.443 e. The van der Waals surface area contributed by atoms with Gasteiger partial charge in [0.25, 0.3) is 0 Å². The summed E-state index contributed by atoms with van der Waals surface area (Å²) in [5.41, 5.74) is 11.7. The van der Waals surface area contributed by atoms with E-state index in [4.69, 9.17) is 16.2 Å². The molecule has 1 fully saturated rings. The topological polar surface area (TPSA) is 107 Å². The maximum Gasteiger partial charge on any atom is 0.437 e. The van der Waals surface area contributed by atoms with Gasteiger partial charge in [0, 0.05) is 24.8 Å². The van der Waals surface area contributed by atoms with Crippen LogP contribution in [0.25, 0.3) is 0 Å². The standard InChI is InChI=1S/C19H22FN5O2/c20-16-15(12-27-19(26)24-18(21)22)6-9-23-17(16)25-10-7-14(8-11-25)13-4-2-1-3-5-13/h1-6,9,14H,7-8,10-12H2,(H4,21,22,24,26). The van der Waals surface area contributed by atoms with Crippen LogP contribution in [-0.2, 0) is 11.3 Å². The number of halogens is 1. The van der Waals surface area contributed by atoms with Gasteiger partial charge in [-0.2, -0.15) is 0 Å². The molecule has 2 heterocycles. The van der Waals surface area contributed by atoms with Crippen LogP contribution in [0.5, 0.6) is 0 Å². The number of rotatable bonds is 4. The predicted molar refractivity (Wildman–Crippen MR) is 101 cm³/mol. The van der Waals surface area contributed by atoms with Gasteiger partial charge < -0.3 is 21.1 Å². The summed E-state index contributed by atoms with van der Waals surface area (Å²) >= 11 is 0. The Labute approximate surface area is 156 Å². The second-order valence-corrected chi connectivity index (χ2v) is 6.37. The van der Waals surface area contributed by atoms with Crippen molar-refractivity contribution >= 4 is 17.9 Å². The molecule has 0 aliphatic carbocycles. The van der Waals surface area contributed by atoms with E-state index < -0.39 is 17.9 Å². The van der Waals surface area contributed by atoms with Gasteiger partial charge in [-0.1, -0.05) is 30.3 Å². The summed E-state index contributed by atoms with van der Waals surface area (Å²) in [5, 5.41) is 0. The molecule has 8 heteroatoms. The van der Waals surface area contributed by atoms with Crippen LogP contribution in [0.1, 0.15) is 29.9 Å². The highest BCUT2D eigenvalue weighted by Crippen LogP contribution is 2.31. The van der Waals surface area contributed by atoms with E-state index in [1.165, 1.54) is 17.8 Å². The molecule has 1 amide bonds. The van der Waals surface area contributed by atoms with Crippen LogP contribution in [0.2, 0.25) is 0 Å². The first kappa shape index (κ1) is 18.6. The summed E-state index contributed by atoms with van der Waals surface area (Å²) in [6.07, 6.45) is 2.39. The Morgan fingerprint density at radius 3 is 2.59 bits per heavy atom. The molecule has 1 saturated heterocycles. The van der Waals surface area contributed by atoms with E-state index in [-0.39, 0.29) is 18.0 Å². The third kappa shape index (κ3) is 4.72. The lowest BCUT2D eigenvalue weighted by Crippen LogP contribution is -2.34. The lowest BCUT2D eigenvalue weighted by Gasteiger charge is -2.33. The third-order valence-electron chi connectivity index (χ3n) is 4.59. The summed E-state index contributed by atoms with van der Waals surface area (Å²) in [6.45, 7) is 1.15. The summed E-state index contributed by atoms with van der Waals surface area (Å²) in [5.74, 6) is -0.156. The molecule has 0 atom stereocenters. The highest BCUT2D eigenvalue weighted by molar-refractivity contribution is 5.87. The Hall–Kier alpha value is -3.16. The molecule has 3 rings (SSSR count). The van der Waals surface area contributed by atoms with Crippen molar-refractivity contribution in [1.82, 2.24) is 4.98 Å². The molecule has 1 aliphatic heterocycles. The first-order valence-electron chi connectivity index (χ1n) is 8.74. The number of benzene rings is 1. The number of pyridine rings is 1. The Morgan fingerprint density at radius 1 is 1.22 bits per heavy atom. The lowest BCUT2D eigenvalue weighted by molar-refractivity contribution is 0.149. The highest BCUT2D eigenvalue weighted by atomic mass is 19.1. The summed E-state index contributed by atoms with van der Waals surface area (Å²) in [4.78, 5) is 20.7. The molecule has 0 spiro atoms. The van der Waals surface area contributed by atoms with Crippen molar-refractivity contribution in [3.63, 3.8) is 0 Å². The fourth-order valence-corrected chi connectivity index (χ4v) is 3.23. The van der Waals surface area contributed by atoms with Gasteiger partial charge in [-0.15, -0.1) is 4.99 Å². The monoisotopic (exact) mass is 371 g/mol. The van der Waals surface area contributed by atoms with Crippen molar-refractivity contribution in [1.29, 1.82) is 0 Å². The number of anilines is 1. The van der Waals surface area contributed by atoms with Crippen molar-refractivity contribution < 1.29 is 13.9 Å². The minimum Gasteiger partial charge on any atom is -0.443 e. The molecule has 7 nitrogen and oxygen atoms in total. The Balaban J connectivity index is 1.64. The van der Waals surface area contributed by atoms with Crippen LogP contribution in [0.15, 0.2) is 47.6 Å². The van der Waals surface area contributed by atoms with Gasteiger partial charge in [0.05, 0.1) is 0 Å². The number of guanidine groups is 1. The number of amides is 1. The molecule has 2 aromatic rings. The summed E-state index contributed by atoms with van der Waals surface area (Å²) in [6, 6.07) is 11.8. The van der Waals surface area contributed by atoms with Crippen molar-refractivity contribution in [2.45, 2.75) is 25.4 Å². The molecular weight excluding hydrogens is 349 g/mol. The van der Waals surface area contributed by atoms with E-state index in [1.807, 2.05) is 23.1 Å². The molecule has 0 saturated carbocycles. The number of aromatic nitrogens is 1. The van der Waals surface area contributed by atoms with Crippen molar-refractivity contribution in [2.24, 2.45) is 16.5 Å². The van der Waals surface area contributed by atoms with Crippen LogP contribution < -0.4 is 16.4 Å². The van der Waals surface area contributed by atoms with E-state index in [0.29, 0.717) is 19.0 Å². The molecule has 0 bridgehead atoms. The first-order chi connectivity index (χ1) is 13.0. The average molecular weight is 371 g/mol.